The first-order valence-electron chi connectivity index (χ1n) is 7.50. The summed E-state index contributed by atoms with van der Waals surface area (Å²) in [5.41, 5.74) is 0. The molecule has 0 atom stereocenters. The first-order valence-corrected chi connectivity index (χ1v) is 8.27. The van der Waals surface area contributed by atoms with Crippen LogP contribution in [-0.4, -0.2) is 35.5 Å². The van der Waals surface area contributed by atoms with Gasteiger partial charge in [-0.3, -0.25) is 0 Å². The molecule has 0 unspecified atom stereocenters. The van der Waals surface area contributed by atoms with Crippen molar-refractivity contribution in [2.75, 3.05) is 31.1 Å². The average Bonchev–Trinajstić information content (AvgIpc) is 2.90. The highest BCUT2D eigenvalue weighted by Gasteiger charge is 2.21. The molecular formula is C14H26N4S. The number of aromatic nitrogens is 2. The second kappa shape index (κ2) is 7.20. The normalized spacial score (nSPS) is 17.4. The van der Waals surface area contributed by atoms with Crippen molar-refractivity contribution in [3.05, 3.63) is 5.82 Å². The van der Waals surface area contributed by atoms with E-state index in [1.54, 1.807) is 11.5 Å². The van der Waals surface area contributed by atoms with Gasteiger partial charge in [-0.05, 0) is 38.3 Å². The summed E-state index contributed by atoms with van der Waals surface area (Å²) in [6.45, 7) is 11.1. The van der Waals surface area contributed by atoms with Crippen LogP contribution in [0.3, 0.4) is 0 Å². The van der Waals surface area contributed by atoms with Crippen molar-refractivity contribution in [2.24, 2.45) is 5.92 Å². The smallest absolute Gasteiger partial charge is 0.205 e. The summed E-state index contributed by atoms with van der Waals surface area (Å²) in [6.07, 6.45) is 3.77. The monoisotopic (exact) mass is 282 g/mol. The molecule has 0 saturated carbocycles. The molecule has 108 valence electrons. The van der Waals surface area contributed by atoms with Crippen molar-refractivity contribution < 1.29 is 0 Å². The molecule has 2 heterocycles. The molecule has 19 heavy (non-hydrogen) atoms. The Morgan fingerprint density at radius 3 is 2.68 bits per heavy atom. The summed E-state index contributed by atoms with van der Waals surface area (Å²) in [5.74, 6) is 2.26. The molecule has 1 aromatic rings. The predicted octanol–water partition coefficient (Wildman–Crippen LogP) is 2.88. The van der Waals surface area contributed by atoms with Gasteiger partial charge in [0.2, 0.25) is 5.13 Å². The van der Waals surface area contributed by atoms with Crippen LogP contribution >= 0.6 is 11.5 Å². The van der Waals surface area contributed by atoms with Crippen LogP contribution in [0.5, 0.6) is 0 Å². The van der Waals surface area contributed by atoms with Crippen LogP contribution < -0.4 is 10.2 Å². The van der Waals surface area contributed by atoms with Crippen molar-refractivity contribution in [1.82, 2.24) is 14.7 Å². The molecule has 1 saturated heterocycles. The van der Waals surface area contributed by atoms with Crippen molar-refractivity contribution in [2.45, 2.75) is 46.0 Å². The van der Waals surface area contributed by atoms with E-state index in [9.17, 15) is 0 Å². The van der Waals surface area contributed by atoms with Crippen LogP contribution in [0.2, 0.25) is 0 Å². The van der Waals surface area contributed by atoms with Gasteiger partial charge in [0.15, 0.2) is 0 Å². The minimum Gasteiger partial charge on any atom is -0.347 e. The summed E-state index contributed by atoms with van der Waals surface area (Å²) in [7, 11) is 0. The Morgan fingerprint density at radius 2 is 2.11 bits per heavy atom. The number of anilines is 1. The SMILES string of the molecule is CCCNCC1CCN(c2nc(C(C)C)ns2)CC1. The van der Waals surface area contributed by atoms with Crippen LogP contribution in [0.15, 0.2) is 0 Å². The van der Waals surface area contributed by atoms with Gasteiger partial charge in [-0.25, -0.2) is 4.98 Å². The molecule has 1 N–H and O–H groups in total. The fourth-order valence-electron chi connectivity index (χ4n) is 2.40. The molecule has 1 aromatic heterocycles. The molecule has 0 radical (unpaired) electrons. The van der Waals surface area contributed by atoms with Crippen LogP contribution in [0, 0.1) is 5.92 Å². The second-order valence-electron chi connectivity index (χ2n) is 5.72. The van der Waals surface area contributed by atoms with E-state index in [0.717, 1.165) is 36.5 Å². The van der Waals surface area contributed by atoms with E-state index in [0.29, 0.717) is 5.92 Å². The lowest BCUT2D eigenvalue weighted by Crippen LogP contribution is -2.37. The highest BCUT2D eigenvalue weighted by atomic mass is 32.1. The van der Waals surface area contributed by atoms with E-state index in [4.69, 9.17) is 0 Å². The fourth-order valence-corrected chi connectivity index (χ4v) is 3.26. The molecule has 4 nitrogen and oxygen atoms in total. The van der Waals surface area contributed by atoms with Gasteiger partial charge in [0.1, 0.15) is 5.82 Å². The molecule has 1 fully saturated rings. The molecule has 1 aliphatic rings. The number of rotatable bonds is 6. The van der Waals surface area contributed by atoms with E-state index in [2.05, 4.69) is 40.3 Å². The Bertz CT molecular complexity index is 369. The summed E-state index contributed by atoms with van der Waals surface area (Å²) < 4.78 is 4.45. The van der Waals surface area contributed by atoms with Gasteiger partial charge >= 0.3 is 0 Å². The van der Waals surface area contributed by atoms with Gasteiger partial charge < -0.3 is 10.2 Å². The van der Waals surface area contributed by atoms with Gasteiger partial charge in [0, 0.05) is 30.5 Å². The predicted molar refractivity (Wildman–Crippen MR) is 82.1 cm³/mol. The summed E-state index contributed by atoms with van der Waals surface area (Å²) in [4.78, 5) is 7.05. The number of piperidine rings is 1. The van der Waals surface area contributed by atoms with Crippen LogP contribution in [-0.2, 0) is 0 Å². The third kappa shape index (κ3) is 4.14. The largest absolute Gasteiger partial charge is 0.347 e. The van der Waals surface area contributed by atoms with E-state index in [1.807, 2.05) is 0 Å². The topological polar surface area (TPSA) is 41.0 Å². The summed E-state index contributed by atoms with van der Waals surface area (Å²) >= 11 is 1.56. The Kier molecular flexibility index (Phi) is 5.58. The quantitative estimate of drug-likeness (QED) is 0.815. The Balaban J connectivity index is 1.79. The molecule has 1 aliphatic heterocycles. The standard InChI is InChI=1S/C14H26N4S/c1-4-7-15-10-12-5-8-18(9-6-12)14-16-13(11(2)3)17-19-14/h11-12,15H,4-10H2,1-3H3. The zero-order valence-corrected chi connectivity index (χ0v) is 13.2. The van der Waals surface area contributed by atoms with E-state index >= 15 is 0 Å². The molecule has 0 aromatic carbocycles. The third-order valence-electron chi connectivity index (χ3n) is 3.69. The van der Waals surface area contributed by atoms with Gasteiger partial charge in [-0.1, -0.05) is 20.8 Å². The van der Waals surface area contributed by atoms with E-state index < -0.39 is 0 Å². The maximum absolute atomic E-state index is 4.65. The summed E-state index contributed by atoms with van der Waals surface area (Å²) in [6, 6.07) is 0. The van der Waals surface area contributed by atoms with Gasteiger partial charge in [-0.15, -0.1) is 0 Å². The lowest BCUT2D eigenvalue weighted by Gasteiger charge is -2.31. The average molecular weight is 282 g/mol. The number of nitrogens with zero attached hydrogens (tertiary/aromatic N) is 3. The van der Waals surface area contributed by atoms with Crippen molar-refractivity contribution in [1.29, 1.82) is 0 Å². The third-order valence-corrected chi connectivity index (χ3v) is 4.48. The number of hydrogen-bond donors (Lipinski definition) is 1. The first-order chi connectivity index (χ1) is 9.20. The van der Waals surface area contributed by atoms with Crippen molar-refractivity contribution in [3.63, 3.8) is 0 Å². The molecule has 0 amide bonds. The maximum Gasteiger partial charge on any atom is 0.205 e. The number of nitrogens with one attached hydrogen (secondary N) is 1. The second-order valence-corrected chi connectivity index (χ2v) is 6.45. The van der Waals surface area contributed by atoms with Crippen molar-refractivity contribution in [3.8, 4) is 0 Å². The van der Waals surface area contributed by atoms with Gasteiger partial charge in [0.25, 0.3) is 0 Å². The number of hydrogen-bond acceptors (Lipinski definition) is 5. The molecule has 0 spiro atoms. The Morgan fingerprint density at radius 1 is 1.37 bits per heavy atom. The lowest BCUT2D eigenvalue weighted by molar-refractivity contribution is 0.383. The van der Waals surface area contributed by atoms with Gasteiger partial charge in [0.05, 0.1) is 0 Å². The van der Waals surface area contributed by atoms with Gasteiger partial charge in [-0.2, -0.15) is 4.37 Å². The Hall–Kier alpha value is -0.680. The molecule has 5 heteroatoms. The zero-order valence-electron chi connectivity index (χ0n) is 12.4. The van der Waals surface area contributed by atoms with Crippen LogP contribution in [0.4, 0.5) is 5.13 Å². The summed E-state index contributed by atoms with van der Waals surface area (Å²) in [5, 5.41) is 4.65. The van der Waals surface area contributed by atoms with E-state index in [1.165, 1.54) is 25.8 Å². The molecule has 0 aliphatic carbocycles. The molecule has 0 bridgehead atoms. The molecular weight excluding hydrogens is 256 g/mol. The highest BCUT2D eigenvalue weighted by molar-refractivity contribution is 7.09. The maximum atomic E-state index is 4.65. The minimum atomic E-state index is 0.431. The Labute approximate surface area is 120 Å². The van der Waals surface area contributed by atoms with Crippen molar-refractivity contribution >= 4 is 16.7 Å². The molecule has 2 rings (SSSR count). The van der Waals surface area contributed by atoms with E-state index in [-0.39, 0.29) is 0 Å². The highest BCUT2D eigenvalue weighted by Crippen LogP contribution is 2.26. The minimum absolute atomic E-state index is 0.431. The van der Waals surface area contributed by atoms with Crippen LogP contribution in [0.25, 0.3) is 0 Å². The lowest BCUT2D eigenvalue weighted by atomic mass is 9.97. The fraction of sp³-hybridized carbons (Fsp3) is 0.857. The van der Waals surface area contributed by atoms with Crippen LogP contribution in [0.1, 0.15) is 51.8 Å². The zero-order chi connectivity index (χ0) is 13.7. The first kappa shape index (κ1) is 14.7.